The third-order valence-corrected chi connectivity index (χ3v) is 2.43. The molecule has 0 atom stereocenters. The molecular weight excluding hydrogens is 162 g/mol. The van der Waals surface area contributed by atoms with E-state index < -0.39 is 0 Å². The Morgan fingerprint density at radius 1 is 1.31 bits per heavy atom. The Balaban J connectivity index is 2.03. The summed E-state index contributed by atoms with van der Waals surface area (Å²) in [5.41, 5.74) is 0. The van der Waals surface area contributed by atoms with Gasteiger partial charge in [0.1, 0.15) is 5.82 Å². The summed E-state index contributed by atoms with van der Waals surface area (Å²) in [4.78, 5) is 8.93. The lowest BCUT2D eigenvalue weighted by atomic mass is 10.3. The van der Waals surface area contributed by atoms with Gasteiger partial charge in [0.05, 0.1) is 0 Å². The Kier molecular flexibility index (Phi) is 2.45. The summed E-state index contributed by atoms with van der Waals surface area (Å²) >= 11 is 0. The van der Waals surface area contributed by atoms with Gasteiger partial charge in [-0.15, -0.1) is 0 Å². The van der Waals surface area contributed by atoms with Crippen LogP contribution in [0.3, 0.4) is 0 Å². The van der Waals surface area contributed by atoms with E-state index in [1.165, 1.54) is 0 Å². The van der Waals surface area contributed by atoms with E-state index in [2.05, 4.69) is 27.9 Å². The molecular formula is C10H14N3. The van der Waals surface area contributed by atoms with Crippen LogP contribution < -0.4 is 4.90 Å². The highest BCUT2D eigenvalue weighted by molar-refractivity contribution is 5.37. The molecule has 0 unspecified atom stereocenters. The van der Waals surface area contributed by atoms with Gasteiger partial charge in [-0.25, -0.2) is 4.98 Å². The second-order valence-electron chi connectivity index (χ2n) is 3.41. The number of nitrogens with zero attached hydrogens (tertiary/aromatic N) is 3. The molecule has 3 heteroatoms. The average Bonchev–Trinajstić information content (AvgIpc) is 2.20. The van der Waals surface area contributed by atoms with Crippen LogP contribution in [0.1, 0.15) is 0 Å². The summed E-state index contributed by atoms with van der Waals surface area (Å²) in [6.07, 6.45) is 1.73. The van der Waals surface area contributed by atoms with Crippen LogP contribution in [0.4, 0.5) is 5.82 Å². The first-order valence-electron chi connectivity index (χ1n) is 4.62. The first-order valence-corrected chi connectivity index (χ1v) is 4.62. The van der Waals surface area contributed by atoms with Crippen LogP contribution in [0.25, 0.3) is 0 Å². The monoisotopic (exact) mass is 176 g/mol. The lowest BCUT2D eigenvalue weighted by Gasteiger charge is -2.33. The highest BCUT2D eigenvalue weighted by Gasteiger charge is 2.14. The second kappa shape index (κ2) is 3.75. The van der Waals surface area contributed by atoms with E-state index in [9.17, 15) is 0 Å². The van der Waals surface area contributed by atoms with Gasteiger partial charge in [0.25, 0.3) is 0 Å². The summed E-state index contributed by atoms with van der Waals surface area (Å²) in [6, 6.07) is 6.87. The minimum absolute atomic E-state index is 1.08. The molecule has 1 aliphatic rings. The van der Waals surface area contributed by atoms with Crippen LogP contribution in [0.5, 0.6) is 0 Å². The molecule has 1 aliphatic heterocycles. The van der Waals surface area contributed by atoms with Crippen molar-refractivity contribution in [3.8, 4) is 0 Å². The van der Waals surface area contributed by atoms with Gasteiger partial charge >= 0.3 is 0 Å². The maximum atomic E-state index is 4.28. The van der Waals surface area contributed by atoms with Crippen molar-refractivity contribution in [2.24, 2.45) is 0 Å². The molecule has 2 heterocycles. The van der Waals surface area contributed by atoms with E-state index in [1.807, 2.05) is 12.1 Å². The zero-order chi connectivity index (χ0) is 9.10. The molecule has 1 aromatic heterocycles. The summed E-state index contributed by atoms with van der Waals surface area (Å²) < 4.78 is 0. The molecule has 0 N–H and O–H groups in total. The largest absolute Gasteiger partial charge is 0.354 e. The maximum Gasteiger partial charge on any atom is 0.128 e. The fourth-order valence-electron chi connectivity index (χ4n) is 1.53. The smallest absolute Gasteiger partial charge is 0.128 e. The van der Waals surface area contributed by atoms with Crippen LogP contribution in [0, 0.1) is 6.07 Å². The fourth-order valence-corrected chi connectivity index (χ4v) is 1.53. The minimum atomic E-state index is 1.08. The van der Waals surface area contributed by atoms with Gasteiger partial charge in [0, 0.05) is 38.4 Å². The lowest BCUT2D eigenvalue weighted by Crippen LogP contribution is -2.44. The van der Waals surface area contributed by atoms with Crippen molar-refractivity contribution in [1.82, 2.24) is 9.88 Å². The van der Waals surface area contributed by atoms with Gasteiger partial charge in [-0.2, -0.15) is 0 Å². The summed E-state index contributed by atoms with van der Waals surface area (Å²) in [6.45, 7) is 4.40. The molecule has 0 spiro atoms. The van der Waals surface area contributed by atoms with E-state index in [1.54, 1.807) is 6.20 Å². The number of piperazine rings is 1. The van der Waals surface area contributed by atoms with Crippen molar-refractivity contribution in [1.29, 1.82) is 0 Å². The standard InChI is InChI=1S/C10H14N3/c1-12-6-8-13(9-7-12)10-4-2-3-5-11-10/h2,4-5H,6-9H2,1H3. The fraction of sp³-hybridized carbons (Fsp3) is 0.500. The number of hydrogen-bond acceptors (Lipinski definition) is 3. The minimum Gasteiger partial charge on any atom is -0.354 e. The number of hydrogen-bond donors (Lipinski definition) is 0. The zero-order valence-electron chi connectivity index (χ0n) is 7.90. The van der Waals surface area contributed by atoms with Crippen LogP contribution in [-0.2, 0) is 0 Å². The number of rotatable bonds is 1. The van der Waals surface area contributed by atoms with Crippen molar-refractivity contribution in [3.05, 3.63) is 24.4 Å². The molecule has 0 aromatic carbocycles. The van der Waals surface area contributed by atoms with Gasteiger partial charge in [0.2, 0.25) is 0 Å². The van der Waals surface area contributed by atoms with Crippen molar-refractivity contribution in [2.75, 3.05) is 38.1 Å². The van der Waals surface area contributed by atoms with Gasteiger partial charge in [-0.3, -0.25) is 0 Å². The number of aromatic nitrogens is 1. The van der Waals surface area contributed by atoms with E-state index in [0.717, 1.165) is 32.0 Å². The molecule has 0 aliphatic carbocycles. The van der Waals surface area contributed by atoms with Crippen molar-refractivity contribution in [2.45, 2.75) is 0 Å². The van der Waals surface area contributed by atoms with Gasteiger partial charge < -0.3 is 9.80 Å². The van der Waals surface area contributed by atoms with Crippen LogP contribution in [0.15, 0.2) is 18.3 Å². The Labute approximate surface area is 79.0 Å². The summed E-state index contributed by atoms with van der Waals surface area (Å²) in [5.74, 6) is 1.08. The molecule has 0 amide bonds. The predicted molar refractivity (Wildman–Crippen MR) is 52.8 cm³/mol. The first-order chi connectivity index (χ1) is 6.36. The highest BCUT2D eigenvalue weighted by Crippen LogP contribution is 2.10. The molecule has 0 saturated carbocycles. The van der Waals surface area contributed by atoms with E-state index in [4.69, 9.17) is 0 Å². The van der Waals surface area contributed by atoms with Crippen LogP contribution in [-0.4, -0.2) is 43.1 Å². The molecule has 1 fully saturated rings. The zero-order valence-corrected chi connectivity index (χ0v) is 7.90. The van der Waals surface area contributed by atoms with Gasteiger partial charge in [0.15, 0.2) is 0 Å². The van der Waals surface area contributed by atoms with Crippen molar-refractivity contribution in [3.63, 3.8) is 0 Å². The average molecular weight is 176 g/mol. The van der Waals surface area contributed by atoms with Crippen LogP contribution >= 0.6 is 0 Å². The number of anilines is 1. The molecule has 2 rings (SSSR count). The maximum absolute atomic E-state index is 4.28. The molecule has 69 valence electrons. The lowest BCUT2D eigenvalue weighted by molar-refractivity contribution is 0.312. The molecule has 3 nitrogen and oxygen atoms in total. The van der Waals surface area contributed by atoms with Gasteiger partial charge in [-0.05, 0) is 19.2 Å². The molecule has 13 heavy (non-hydrogen) atoms. The van der Waals surface area contributed by atoms with Gasteiger partial charge in [-0.1, -0.05) is 0 Å². The molecule has 1 aromatic rings. The molecule has 1 saturated heterocycles. The van der Waals surface area contributed by atoms with Crippen molar-refractivity contribution >= 4 is 5.82 Å². The Bertz CT molecular complexity index is 252. The van der Waals surface area contributed by atoms with E-state index in [0.29, 0.717) is 0 Å². The number of likely N-dealkylation sites (N-methyl/N-ethyl adjacent to an activating group) is 1. The van der Waals surface area contributed by atoms with E-state index in [-0.39, 0.29) is 0 Å². The molecule has 0 bridgehead atoms. The SMILES string of the molecule is CN1CCN(c2cc[c]cn2)CC1. The quantitative estimate of drug-likeness (QED) is 0.625. The second-order valence-corrected chi connectivity index (χ2v) is 3.41. The normalized spacial score (nSPS) is 19.0. The Morgan fingerprint density at radius 2 is 2.08 bits per heavy atom. The summed E-state index contributed by atoms with van der Waals surface area (Å²) in [7, 11) is 2.16. The van der Waals surface area contributed by atoms with Crippen molar-refractivity contribution < 1.29 is 0 Å². The Hall–Kier alpha value is -1.09. The van der Waals surface area contributed by atoms with Crippen LogP contribution in [0.2, 0.25) is 0 Å². The third-order valence-electron chi connectivity index (χ3n) is 2.43. The third kappa shape index (κ3) is 1.98. The first kappa shape index (κ1) is 8.51. The number of pyridine rings is 1. The van der Waals surface area contributed by atoms with E-state index >= 15 is 0 Å². The molecule has 1 radical (unpaired) electrons. The Morgan fingerprint density at radius 3 is 2.69 bits per heavy atom. The topological polar surface area (TPSA) is 19.4 Å². The summed E-state index contributed by atoms with van der Waals surface area (Å²) in [5, 5.41) is 0. The predicted octanol–water partition coefficient (Wildman–Crippen LogP) is 0.634. The highest BCUT2D eigenvalue weighted by atomic mass is 15.3.